The summed E-state index contributed by atoms with van der Waals surface area (Å²) in [4.78, 5) is 13.4. The molecule has 1 aromatic rings. The Labute approximate surface area is 131 Å². The summed E-state index contributed by atoms with van der Waals surface area (Å²) in [7, 11) is 1.66. The summed E-state index contributed by atoms with van der Waals surface area (Å²) >= 11 is 0. The maximum Gasteiger partial charge on any atom is 0.242 e. The van der Waals surface area contributed by atoms with Gasteiger partial charge >= 0.3 is 0 Å². The predicted octanol–water partition coefficient (Wildman–Crippen LogP) is 0.936. The molecule has 1 aliphatic carbocycles. The largest absolute Gasteiger partial charge is 0.389 e. The number of carbonyl (C=O) groups is 1. The molecular formula is C15H23ClN2O3. The Morgan fingerprint density at radius 3 is 2.62 bits per heavy atom. The summed E-state index contributed by atoms with van der Waals surface area (Å²) < 4.78 is 5.44. The molecule has 6 heteroatoms. The molecule has 0 aromatic heterocycles. The Morgan fingerprint density at radius 1 is 1.43 bits per heavy atom. The third kappa shape index (κ3) is 5.28. The van der Waals surface area contributed by atoms with Gasteiger partial charge in [0.25, 0.3) is 0 Å². The number of hydrogen-bond donors (Lipinski definition) is 2. The van der Waals surface area contributed by atoms with E-state index in [0.717, 1.165) is 18.4 Å². The van der Waals surface area contributed by atoms with Crippen LogP contribution in [-0.2, 0) is 16.1 Å². The molecule has 0 aliphatic heterocycles. The topological polar surface area (TPSA) is 75.8 Å². The van der Waals surface area contributed by atoms with Crippen LogP contribution >= 0.6 is 12.4 Å². The van der Waals surface area contributed by atoms with Gasteiger partial charge in [-0.1, -0.05) is 30.3 Å². The lowest BCUT2D eigenvalue weighted by atomic mass is 10.2. The maximum absolute atomic E-state index is 11.9. The van der Waals surface area contributed by atoms with Crippen molar-refractivity contribution in [3.8, 4) is 0 Å². The van der Waals surface area contributed by atoms with Crippen LogP contribution in [0.2, 0.25) is 0 Å². The molecule has 1 unspecified atom stereocenters. The first-order valence-electron chi connectivity index (χ1n) is 6.85. The average Bonchev–Trinajstić information content (AvgIpc) is 3.18. The number of likely N-dealkylation sites (N-methyl/N-ethyl adjacent to an activating group) is 1. The maximum atomic E-state index is 11.9. The summed E-state index contributed by atoms with van der Waals surface area (Å²) in [6, 6.07) is 9.76. The minimum atomic E-state index is -0.699. The number of nitrogens with zero attached hydrogens (tertiary/aromatic N) is 1. The van der Waals surface area contributed by atoms with Gasteiger partial charge in [-0.2, -0.15) is 0 Å². The number of carbonyl (C=O) groups excluding carboxylic acids is 1. The normalized spacial score (nSPS) is 16.7. The van der Waals surface area contributed by atoms with E-state index in [1.54, 1.807) is 7.05 Å². The zero-order valence-corrected chi connectivity index (χ0v) is 13.0. The van der Waals surface area contributed by atoms with Crippen molar-refractivity contribution >= 4 is 18.3 Å². The molecule has 1 amide bonds. The van der Waals surface area contributed by atoms with Crippen molar-refractivity contribution in [3.63, 3.8) is 0 Å². The van der Waals surface area contributed by atoms with Crippen LogP contribution in [0.3, 0.4) is 0 Å². The zero-order chi connectivity index (χ0) is 14.6. The summed E-state index contributed by atoms with van der Waals surface area (Å²) in [6.45, 7) is 0.896. The Kier molecular flexibility index (Phi) is 6.61. The van der Waals surface area contributed by atoms with E-state index in [9.17, 15) is 9.90 Å². The van der Waals surface area contributed by atoms with Crippen molar-refractivity contribution in [2.24, 2.45) is 5.73 Å². The Bertz CT molecular complexity index is 451. The number of amides is 1. The lowest BCUT2D eigenvalue weighted by Gasteiger charge is -2.23. The van der Waals surface area contributed by atoms with Gasteiger partial charge in [0.2, 0.25) is 5.91 Å². The number of rotatable bonds is 7. The van der Waals surface area contributed by atoms with Gasteiger partial charge < -0.3 is 20.5 Å². The van der Waals surface area contributed by atoms with Crippen molar-refractivity contribution in [1.29, 1.82) is 0 Å². The molecule has 0 spiro atoms. The highest BCUT2D eigenvalue weighted by molar-refractivity contribution is 5.88. The fourth-order valence-electron chi connectivity index (χ4n) is 2.07. The molecule has 0 saturated heterocycles. The standard InChI is InChI=1S/C15H22N2O3.ClH/c1-17(14(19)15(16)7-8-15)9-13(18)11-20-10-12-5-3-2-4-6-12;/h2-6,13,18H,7-11,16H2,1H3;1H. The second-order valence-electron chi connectivity index (χ2n) is 5.50. The Balaban J connectivity index is 0.00000220. The Hall–Kier alpha value is -1.14. The molecule has 3 N–H and O–H groups in total. The van der Waals surface area contributed by atoms with E-state index in [4.69, 9.17) is 10.5 Å². The van der Waals surface area contributed by atoms with Crippen LogP contribution in [-0.4, -0.2) is 47.8 Å². The molecule has 1 atom stereocenters. The molecule has 21 heavy (non-hydrogen) atoms. The van der Waals surface area contributed by atoms with Crippen LogP contribution in [0.15, 0.2) is 30.3 Å². The minimum Gasteiger partial charge on any atom is -0.389 e. The lowest BCUT2D eigenvalue weighted by molar-refractivity contribution is -0.134. The molecular weight excluding hydrogens is 292 g/mol. The third-order valence-electron chi connectivity index (χ3n) is 3.47. The van der Waals surface area contributed by atoms with Crippen LogP contribution < -0.4 is 5.73 Å². The van der Waals surface area contributed by atoms with E-state index in [2.05, 4.69) is 0 Å². The smallest absolute Gasteiger partial charge is 0.242 e. The number of halogens is 1. The SMILES string of the molecule is CN(CC(O)COCc1ccccc1)C(=O)C1(N)CC1.Cl. The summed E-state index contributed by atoms with van der Waals surface area (Å²) in [5.74, 6) is -0.0976. The monoisotopic (exact) mass is 314 g/mol. The van der Waals surface area contributed by atoms with Gasteiger partial charge in [0.15, 0.2) is 0 Å². The van der Waals surface area contributed by atoms with E-state index in [-0.39, 0.29) is 31.5 Å². The van der Waals surface area contributed by atoms with E-state index in [1.807, 2.05) is 30.3 Å². The van der Waals surface area contributed by atoms with E-state index < -0.39 is 11.6 Å². The van der Waals surface area contributed by atoms with E-state index in [0.29, 0.717) is 6.61 Å². The molecule has 1 aliphatic rings. The third-order valence-corrected chi connectivity index (χ3v) is 3.47. The molecule has 0 heterocycles. The number of ether oxygens (including phenoxy) is 1. The Morgan fingerprint density at radius 2 is 2.05 bits per heavy atom. The van der Waals surface area contributed by atoms with Crippen LogP contribution in [0, 0.1) is 0 Å². The average molecular weight is 315 g/mol. The van der Waals surface area contributed by atoms with Crippen molar-refractivity contribution < 1.29 is 14.6 Å². The van der Waals surface area contributed by atoms with Gasteiger partial charge in [-0.3, -0.25) is 4.79 Å². The number of benzene rings is 1. The van der Waals surface area contributed by atoms with Crippen molar-refractivity contribution in [3.05, 3.63) is 35.9 Å². The number of aliphatic hydroxyl groups is 1. The molecule has 1 aromatic carbocycles. The van der Waals surface area contributed by atoms with Crippen LogP contribution in [0.25, 0.3) is 0 Å². The van der Waals surface area contributed by atoms with Crippen LogP contribution in [0.1, 0.15) is 18.4 Å². The first-order chi connectivity index (χ1) is 9.51. The second-order valence-corrected chi connectivity index (χ2v) is 5.50. The predicted molar refractivity (Wildman–Crippen MR) is 83.1 cm³/mol. The molecule has 118 valence electrons. The highest BCUT2D eigenvalue weighted by atomic mass is 35.5. The van der Waals surface area contributed by atoms with Crippen LogP contribution in [0.4, 0.5) is 0 Å². The second kappa shape index (κ2) is 7.75. The molecule has 1 fully saturated rings. The van der Waals surface area contributed by atoms with E-state index >= 15 is 0 Å². The first-order valence-corrected chi connectivity index (χ1v) is 6.85. The van der Waals surface area contributed by atoms with Crippen molar-refractivity contribution in [2.45, 2.75) is 31.1 Å². The lowest BCUT2D eigenvalue weighted by Crippen LogP contribution is -2.46. The summed E-state index contributed by atoms with van der Waals surface area (Å²) in [5, 5.41) is 9.87. The molecule has 0 radical (unpaired) electrons. The van der Waals surface area contributed by atoms with Gasteiger partial charge in [0.1, 0.15) is 0 Å². The summed E-state index contributed by atoms with van der Waals surface area (Å²) in [5.41, 5.74) is 6.22. The van der Waals surface area contributed by atoms with Gasteiger partial charge in [0.05, 0.1) is 24.9 Å². The molecule has 5 nitrogen and oxygen atoms in total. The quantitative estimate of drug-likeness (QED) is 0.785. The fourth-order valence-corrected chi connectivity index (χ4v) is 2.07. The highest BCUT2D eigenvalue weighted by Gasteiger charge is 2.47. The van der Waals surface area contributed by atoms with Gasteiger partial charge in [-0.25, -0.2) is 0 Å². The number of aliphatic hydroxyl groups excluding tert-OH is 1. The molecule has 1 saturated carbocycles. The minimum absolute atomic E-state index is 0. The highest BCUT2D eigenvalue weighted by Crippen LogP contribution is 2.33. The van der Waals surface area contributed by atoms with Crippen molar-refractivity contribution in [1.82, 2.24) is 4.90 Å². The molecule has 0 bridgehead atoms. The first kappa shape index (κ1) is 17.9. The van der Waals surface area contributed by atoms with Crippen molar-refractivity contribution in [2.75, 3.05) is 20.2 Å². The summed E-state index contributed by atoms with van der Waals surface area (Å²) in [6.07, 6.45) is 0.767. The van der Waals surface area contributed by atoms with Gasteiger partial charge in [-0.05, 0) is 18.4 Å². The number of nitrogens with two attached hydrogens (primary N) is 1. The molecule has 2 rings (SSSR count). The van der Waals surface area contributed by atoms with Crippen LogP contribution in [0.5, 0.6) is 0 Å². The fraction of sp³-hybridized carbons (Fsp3) is 0.533. The number of hydrogen-bond acceptors (Lipinski definition) is 4. The zero-order valence-electron chi connectivity index (χ0n) is 12.2. The van der Waals surface area contributed by atoms with Gasteiger partial charge in [0, 0.05) is 13.6 Å². The van der Waals surface area contributed by atoms with E-state index in [1.165, 1.54) is 4.90 Å². The van der Waals surface area contributed by atoms with Gasteiger partial charge in [-0.15, -0.1) is 12.4 Å².